The molecular weight excluding hydrogens is 274 g/mol. The molecule has 0 radical (unpaired) electrons. The van der Waals surface area contributed by atoms with Crippen LogP contribution in [0.3, 0.4) is 0 Å². The van der Waals surface area contributed by atoms with Crippen molar-refractivity contribution in [2.45, 2.75) is 33.4 Å². The fourth-order valence-corrected chi connectivity index (χ4v) is 2.74. The Labute approximate surface area is 123 Å². The van der Waals surface area contributed by atoms with Crippen molar-refractivity contribution in [3.63, 3.8) is 0 Å². The van der Waals surface area contributed by atoms with E-state index in [0.717, 1.165) is 29.1 Å². The number of fused-ring (bicyclic) bond motifs is 3. The summed E-state index contributed by atoms with van der Waals surface area (Å²) in [6.07, 6.45) is 2.49. The van der Waals surface area contributed by atoms with Crippen molar-refractivity contribution < 1.29 is 4.79 Å². The quantitative estimate of drug-likeness (QED) is 0.849. The minimum Gasteiger partial charge on any atom is -0.307 e. The fraction of sp³-hybridized carbons (Fsp3) is 0.333. The molecule has 3 rings (SSSR count). The normalized spacial score (nSPS) is 13.1. The Morgan fingerprint density at radius 1 is 1.40 bits per heavy atom. The zero-order chi connectivity index (χ0) is 14.3. The molecular formula is C15H16ClN3O. The molecule has 5 heteroatoms. The number of aryl methyl sites for hydroxylation is 1. The van der Waals surface area contributed by atoms with Gasteiger partial charge in [0.25, 0.3) is 0 Å². The molecule has 2 heterocycles. The molecule has 2 aromatic rings. The van der Waals surface area contributed by atoms with Gasteiger partial charge in [0.05, 0.1) is 17.9 Å². The Morgan fingerprint density at radius 3 is 2.90 bits per heavy atom. The molecule has 0 N–H and O–H groups in total. The Bertz CT molecular complexity index is 678. The first kappa shape index (κ1) is 13.2. The molecule has 4 nitrogen and oxygen atoms in total. The van der Waals surface area contributed by atoms with Crippen LogP contribution >= 0.6 is 11.6 Å². The van der Waals surface area contributed by atoms with Crippen molar-refractivity contribution in [2.24, 2.45) is 0 Å². The van der Waals surface area contributed by atoms with Crippen LogP contribution in [-0.4, -0.2) is 15.7 Å². The molecule has 20 heavy (non-hydrogen) atoms. The molecule has 0 unspecified atom stereocenters. The third-order valence-corrected chi connectivity index (χ3v) is 3.83. The first-order valence-corrected chi connectivity index (χ1v) is 7.18. The predicted molar refractivity (Wildman–Crippen MR) is 79.8 cm³/mol. The Kier molecular flexibility index (Phi) is 3.26. The molecule has 1 amide bonds. The number of hydrogen-bond donors (Lipinski definition) is 0. The number of anilines is 1. The van der Waals surface area contributed by atoms with Crippen LogP contribution in [0.25, 0.3) is 11.3 Å². The van der Waals surface area contributed by atoms with Gasteiger partial charge in [-0.25, -0.2) is 0 Å². The van der Waals surface area contributed by atoms with E-state index >= 15 is 0 Å². The van der Waals surface area contributed by atoms with Crippen molar-refractivity contribution >= 4 is 23.2 Å². The summed E-state index contributed by atoms with van der Waals surface area (Å²) in [7, 11) is 0. The maximum atomic E-state index is 12.2. The summed E-state index contributed by atoms with van der Waals surface area (Å²) in [6, 6.07) is 5.61. The third-order valence-electron chi connectivity index (χ3n) is 3.60. The van der Waals surface area contributed by atoms with Crippen LogP contribution in [0.1, 0.15) is 25.8 Å². The van der Waals surface area contributed by atoms with Gasteiger partial charge in [0.2, 0.25) is 5.91 Å². The molecule has 1 aromatic carbocycles. The second-order valence-electron chi connectivity index (χ2n) is 4.85. The largest absolute Gasteiger partial charge is 0.307 e. The number of carbonyl (C=O) groups excluding carboxylic acids is 1. The summed E-state index contributed by atoms with van der Waals surface area (Å²) in [5.74, 6) is 0.114. The number of carbonyl (C=O) groups is 1. The second-order valence-corrected chi connectivity index (χ2v) is 5.29. The topological polar surface area (TPSA) is 38.1 Å². The van der Waals surface area contributed by atoms with Crippen LogP contribution in [0.4, 0.5) is 5.69 Å². The van der Waals surface area contributed by atoms with Gasteiger partial charge in [0.1, 0.15) is 0 Å². The first-order valence-electron chi connectivity index (χ1n) is 6.80. The van der Waals surface area contributed by atoms with Gasteiger partial charge in [0.15, 0.2) is 0 Å². The summed E-state index contributed by atoms with van der Waals surface area (Å²) < 4.78 is 1.90. The number of amides is 1. The average molecular weight is 290 g/mol. The van der Waals surface area contributed by atoms with E-state index in [-0.39, 0.29) is 5.91 Å². The fourth-order valence-electron chi connectivity index (χ4n) is 2.57. The number of rotatable bonds is 2. The van der Waals surface area contributed by atoms with Gasteiger partial charge in [-0.1, -0.05) is 18.5 Å². The summed E-state index contributed by atoms with van der Waals surface area (Å²) in [4.78, 5) is 14.0. The minimum atomic E-state index is 0.114. The molecule has 0 saturated carbocycles. The van der Waals surface area contributed by atoms with E-state index in [2.05, 4.69) is 5.10 Å². The lowest BCUT2D eigenvalue weighted by molar-refractivity contribution is -0.118. The van der Waals surface area contributed by atoms with Crippen LogP contribution < -0.4 is 4.90 Å². The second kappa shape index (κ2) is 4.94. The average Bonchev–Trinajstić information content (AvgIpc) is 2.88. The molecule has 0 atom stereocenters. The SMILES string of the molecule is CCC(=O)N1Cc2cn(CC)nc2-c2cc(Cl)ccc21. The molecule has 0 bridgehead atoms. The van der Waals surface area contributed by atoms with E-state index in [0.29, 0.717) is 18.0 Å². The third kappa shape index (κ3) is 2.00. The lowest BCUT2D eigenvalue weighted by Gasteiger charge is -2.28. The Hall–Kier alpha value is -1.81. The highest BCUT2D eigenvalue weighted by Gasteiger charge is 2.28. The van der Waals surface area contributed by atoms with Crippen molar-refractivity contribution in [3.8, 4) is 11.3 Å². The van der Waals surface area contributed by atoms with Crippen molar-refractivity contribution in [1.29, 1.82) is 0 Å². The summed E-state index contributed by atoms with van der Waals surface area (Å²) in [5, 5.41) is 5.25. The van der Waals surface area contributed by atoms with Gasteiger partial charge in [-0.05, 0) is 25.1 Å². The molecule has 0 fully saturated rings. The minimum absolute atomic E-state index is 0.114. The highest BCUT2D eigenvalue weighted by Crippen LogP contribution is 2.39. The van der Waals surface area contributed by atoms with Crippen LogP contribution in [0.15, 0.2) is 24.4 Å². The van der Waals surface area contributed by atoms with Crippen LogP contribution in [0, 0.1) is 0 Å². The molecule has 1 aromatic heterocycles. The highest BCUT2D eigenvalue weighted by atomic mass is 35.5. The van der Waals surface area contributed by atoms with E-state index < -0.39 is 0 Å². The molecule has 1 aliphatic heterocycles. The number of hydrogen-bond acceptors (Lipinski definition) is 2. The van der Waals surface area contributed by atoms with Crippen molar-refractivity contribution in [3.05, 3.63) is 35.0 Å². The van der Waals surface area contributed by atoms with Gasteiger partial charge in [-0.3, -0.25) is 9.48 Å². The smallest absolute Gasteiger partial charge is 0.227 e. The zero-order valence-electron chi connectivity index (χ0n) is 11.6. The maximum Gasteiger partial charge on any atom is 0.227 e. The number of halogens is 1. The van der Waals surface area contributed by atoms with Crippen molar-refractivity contribution in [1.82, 2.24) is 9.78 Å². The number of aromatic nitrogens is 2. The molecule has 104 valence electrons. The maximum absolute atomic E-state index is 12.2. The standard InChI is InChI=1S/C15H16ClN3O/c1-3-14(20)19-9-10-8-18(4-2)17-15(10)12-7-11(16)5-6-13(12)19/h5-8H,3-4,9H2,1-2H3. The van der Waals surface area contributed by atoms with Gasteiger partial charge in [0, 0.05) is 35.3 Å². The van der Waals surface area contributed by atoms with Crippen molar-refractivity contribution in [2.75, 3.05) is 4.90 Å². The number of benzene rings is 1. The van der Waals surface area contributed by atoms with Gasteiger partial charge in [-0.2, -0.15) is 5.10 Å². The number of nitrogens with zero attached hydrogens (tertiary/aromatic N) is 3. The van der Waals surface area contributed by atoms with E-state index in [1.54, 1.807) is 0 Å². The Balaban J connectivity index is 2.19. The van der Waals surface area contributed by atoms with E-state index in [4.69, 9.17) is 11.6 Å². The highest BCUT2D eigenvalue weighted by molar-refractivity contribution is 6.31. The summed E-state index contributed by atoms with van der Waals surface area (Å²) >= 11 is 6.11. The monoisotopic (exact) mass is 289 g/mol. The van der Waals surface area contributed by atoms with Crippen LogP contribution in [0.5, 0.6) is 0 Å². The first-order chi connectivity index (χ1) is 9.63. The molecule has 0 saturated heterocycles. The van der Waals surface area contributed by atoms with Gasteiger partial charge >= 0.3 is 0 Å². The van der Waals surface area contributed by atoms with Gasteiger partial charge < -0.3 is 4.90 Å². The summed E-state index contributed by atoms with van der Waals surface area (Å²) in [5.41, 5.74) is 3.84. The molecule has 0 spiro atoms. The predicted octanol–water partition coefficient (Wildman–Crippen LogP) is 3.48. The summed E-state index contributed by atoms with van der Waals surface area (Å²) in [6.45, 7) is 5.32. The lowest BCUT2D eigenvalue weighted by Crippen LogP contribution is -2.32. The molecule has 1 aliphatic rings. The van der Waals surface area contributed by atoms with E-state index in [9.17, 15) is 4.79 Å². The lowest BCUT2D eigenvalue weighted by atomic mass is 10.00. The van der Waals surface area contributed by atoms with E-state index in [1.165, 1.54) is 0 Å². The van der Waals surface area contributed by atoms with E-state index in [1.807, 2.05) is 47.8 Å². The van der Waals surface area contributed by atoms with Crippen LogP contribution in [-0.2, 0) is 17.9 Å². The van der Waals surface area contributed by atoms with Crippen LogP contribution in [0.2, 0.25) is 5.02 Å². The zero-order valence-corrected chi connectivity index (χ0v) is 12.3. The molecule has 0 aliphatic carbocycles. The van der Waals surface area contributed by atoms with Gasteiger partial charge in [-0.15, -0.1) is 0 Å². The Morgan fingerprint density at radius 2 is 2.20 bits per heavy atom.